The molecule has 3 heteroatoms. The highest BCUT2D eigenvalue weighted by Gasteiger charge is 1.99. The smallest absolute Gasteiger partial charge is 0.0710 e. The Balaban J connectivity index is -0.000000274. The zero-order chi connectivity index (χ0) is 15.1. The van der Waals surface area contributed by atoms with E-state index in [0.29, 0.717) is 0 Å². The highest BCUT2D eigenvalue weighted by molar-refractivity contribution is 5.36. The summed E-state index contributed by atoms with van der Waals surface area (Å²) in [5, 5.41) is 16.0. The second kappa shape index (κ2) is 16.1. The van der Waals surface area contributed by atoms with Crippen LogP contribution in [0.25, 0.3) is 0 Å². The summed E-state index contributed by atoms with van der Waals surface area (Å²) in [7, 11) is 1.18. The molecule has 2 N–H and O–H groups in total. The molecule has 0 aliphatic heterocycles. The number of aliphatic hydroxyl groups excluding tert-OH is 1. The maximum Gasteiger partial charge on any atom is 0.0710 e. The van der Waals surface area contributed by atoms with E-state index in [-0.39, 0.29) is 6.61 Å². The summed E-state index contributed by atoms with van der Waals surface area (Å²) in [6, 6.07) is 4.16. The summed E-state index contributed by atoms with van der Waals surface area (Å²) in [5.41, 5.74) is 4.73. The van der Waals surface area contributed by atoms with E-state index in [1.807, 2.05) is 47.6 Å². The molecular formula is C15H30O3. The molecule has 0 amide bonds. The van der Waals surface area contributed by atoms with E-state index in [4.69, 9.17) is 10.4 Å². The number of aliphatic hydroxyl groups is 1. The predicted octanol–water partition coefficient (Wildman–Crippen LogP) is 4.26. The number of hydrogen-bond donors (Lipinski definition) is 2. The molecule has 3 nitrogen and oxygen atoms in total. The fourth-order valence-electron chi connectivity index (χ4n) is 1.29. The first kappa shape index (κ1) is 22.3. The van der Waals surface area contributed by atoms with E-state index in [0.717, 1.165) is 5.56 Å². The molecule has 0 aliphatic carbocycles. The first-order valence-corrected chi connectivity index (χ1v) is 6.42. The standard InChI is InChI=1S/C10H14O.2C2H6.CH4O2/c1-7-4-8(2)9(3)10(5-7)6-11;2*1-2;1-3-2/h4-5,11H,6H2,1-3H3;2*1-2H3;2H,1H3. The first-order valence-electron chi connectivity index (χ1n) is 6.42. The molecular weight excluding hydrogens is 228 g/mol. The fourth-order valence-corrected chi connectivity index (χ4v) is 1.29. The van der Waals surface area contributed by atoms with E-state index >= 15 is 0 Å². The Morgan fingerprint density at radius 3 is 1.72 bits per heavy atom. The second-order valence-corrected chi connectivity index (χ2v) is 3.21. The molecule has 0 fully saturated rings. The van der Waals surface area contributed by atoms with E-state index in [1.165, 1.54) is 23.8 Å². The van der Waals surface area contributed by atoms with Crippen molar-refractivity contribution in [1.29, 1.82) is 0 Å². The van der Waals surface area contributed by atoms with Gasteiger partial charge in [-0.25, -0.2) is 4.89 Å². The molecule has 0 unspecified atom stereocenters. The molecule has 0 bridgehead atoms. The highest BCUT2D eigenvalue weighted by atomic mass is 17.1. The largest absolute Gasteiger partial charge is 0.392 e. The summed E-state index contributed by atoms with van der Waals surface area (Å²) < 4.78 is 0. The monoisotopic (exact) mass is 258 g/mol. The van der Waals surface area contributed by atoms with Crippen LogP contribution >= 0.6 is 0 Å². The Kier molecular flexibility index (Phi) is 19.9. The number of aryl methyl sites for hydroxylation is 2. The van der Waals surface area contributed by atoms with Gasteiger partial charge < -0.3 is 5.11 Å². The Morgan fingerprint density at radius 1 is 1.00 bits per heavy atom. The lowest BCUT2D eigenvalue weighted by atomic mass is 10.0. The van der Waals surface area contributed by atoms with Gasteiger partial charge in [0, 0.05) is 0 Å². The van der Waals surface area contributed by atoms with Gasteiger partial charge in [0.25, 0.3) is 0 Å². The van der Waals surface area contributed by atoms with Gasteiger partial charge in [0.1, 0.15) is 0 Å². The normalized spacial score (nSPS) is 7.89. The molecule has 0 heterocycles. The lowest BCUT2D eigenvalue weighted by Gasteiger charge is -2.07. The van der Waals surface area contributed by atoms with Crippen LogP contribution in [0.2, 0.25) is 0 Å². The third-order valence-corrected chi connectivity index (χ3v) is 2.09. The fraction of sp³-hybridized carbons (Fsp3) is 0.600. The maximum atomic E-state index is 8.97. The molecule has 0 aromatic heterocycles. The van der Waals surface area contributed by atoms with Crippen LogP contribution in [0.5, 0.6) is 0 Å². The van der Waals surface area contributed by atoms with E-state index < -0.39 is 0 Å². The van der Waals surface area contributed by atoms with Gasteiger partial charge >= 0.3 is 0 Å². The quantitative estimate of drug-likeness (QED) is 0.584. The molecule has 0 saturated heterocycles. The predicted molar refractivity (Wildman–Crippen MR) is 78.9 cm³/mol. The van der Waals surface area contributed by atoms with Crippen LogP contribution in [0.15, 0.2) is 12.1 Å². The Hall–Kier alpha value is -0.900. The third kappa shape index (κ3) is 10.3. The Bertz CT molecular complexity index is 283. The summed E-state index contributed by atoms with van der Waals surface area (Å²) in [6.07, 6.45) is 0. The van der Waals surface area contributed by atoms with Crippen molar-refractivity contribution in [2.45, 2.75) is 55.1 Å². The summed E-state index contributed by atoms with van der Waals surface area (Å²) in [4.78, 5) is 3.25. The van der Waals surface area contributed by atoms with Crippen molar-refractivity contribution in [3.8, 4) is 0 Å². The van der Waals surface area contributed by atoms with Crippen LogP contribution in [-0.2, 0) is 11.5 Å². The van der Waals surface area contributed by atoms with Crippen LogP contribution in [0, 0.1) is 20.8 Å². The lowest BCUT2D eigenvalue weighted by Crippen LogP contribution is -1.92. The van der Waals surface area contributed by atoms with Crippen molar-refractivity contribution in [1.82, 2.24) is 0 Å². The first-order chi connectivity index (χ1) is 8.56. The molecule has 1 aromatic rings. The van der Waals surface area contributed by atoms with Gasteiger partial charge in [-0.15, -0.1) is 0 Å². The molecule has 0 saturated carbocycles. The highest BCUT2D eigenvalue weighted by Crippen LogP contribution is 2.15. The van der Waals surface area contributed by atoms with Crippen LogP contribution in [0.1, 0.15) is 49.9 Å². The van der Waals surface area contributed by atoms with E-state index in [9.17, 15) is 0 Å². The van der Waals surface area contributed by atoms with Crippen molar-refractivity contribution >= 4 is 0 Å². The van der Waals surface area contributed by atoms with E-state index in [2.05, 4.69) is 17.9 Å². The minimum absolute atomic E-state index is 0.147. The molecule has 0 radical (unpaired) electrons. The van der Waals surface area contributed by atoms with Gasteiger partial charge in [0.05, 0.1) is 13.7 Å². The van der Waals surface area contributed by atoms with Crippen molar-refractivity contribution in [2.75, 3.05) is 7.11 Å². The number of hydrogen-bond acceptors (Lipinski definition) is 3. The molecule has 0 spiro atoms. The Labute approximate surface area is 112 Å². The van der Waals surface area contributed by atoms with Gasteiger partial charge in [-0.1, -0.05) is 45.4 Å². The minimum Gasteiger partial charge on any atom is -0.392 e. The number of benzene rings is 1. The minimum atomic E-state index is 0.147. The van der Waals surface area contributed by atoms with Crippen molar-refractivity contribution in [2.24, 2.45) is 0 Å². The molecule has 1 rings (SSSR count). The van der Waals surface area contributed by atoms with Crippen molar-refractivity contribution < 1.29 is 15.3 Å². The van der Waals surface area contributed by atoms with Gasteiger partial charge in [-0.3, -0.25) is 5.26 Å². The second-order valence-electron chi connectivity index (χ2n) is 3.21. The van der Waals surface area contributed by atoms with Crippen LogP contribution < -0.4 is 0 Å². The summed E-state index contributed by atoms with van der Waals surface area (Å²) in [5.74, 6) is 0. The van der Waals surface area contributed by atoms with Gasteiger partial charge in [0.2, 0.25) is 0 Å². The van der Waals surface area contributed by atoms with Gasteiger partial charge in [0.15, 0.2) is 0 Å². The zero-order valence-electron chi connectivity index (χ0n) is 13.2. The van der Waals surface area contributed by atoms with Crippen LogP contribution in [0.3, 0.4) is 0 Å². The average Bonchev–Trinajstić information content (AvgIpc) is 2.39. The number of rotatable bonds is 1. The van der Waals surface area contributed by atoms with Crippen LogP contribution in [0.4, 0.5) is 0 Å². The molecule has 18 heavy (non-hydrogen) atoms. The lowest BCUT2D eigenvalue weighted by molar-refractivity contribution is -0.214. The average molecular weight is 258 g/mol. The summed E-state index contributed by atoms with van der Waals surface area (Å²) >= 11 is 0. The molecule has 108 valence electrons. The summed E-state index contributed by atoms with van der Waals surface area (Å²) in [6.45, 7) is 14.3. The van der Waals surface area contributed by atoms with E-state index in [1.54, 1.807) is 0 Å². The van der Waals surface area contributed by atoms with Crippen molar-refractivity contribution in [3.05, 3.63) is 34.4 Å². The molecule has 0 aliphatic rings. The zero-order valence-corrected chi connectivity index (χ0v) is 13.2. The molecule has 1 aromatic carbocycles. The molecule has 0 atom stereocenters. The van der Waals surface area contributed by atoms with Gasteiger partial charge in [-0.05, 0) is 37.5 Å². The van der Waals surface area contributed by atoms with Gasteiger partial charge in [-0.2, -0.15) is 0 Å². The topological polar surface area (TPSA) is 49.7 Å². The third-order valence-electron chi connectivity index (χ3n) is 2.09. The maximum absolute atomic E-state index is 8.97. The van der Waals surface area contributed by atoms with Crippen LogP contribution in [-0.4, -0.2) is 17.5 Å². The Morgan fingerprint density at radius 2 is 1.39 bits per heavy atom. The SMILES string of the molecule is CC.CC.COO.Cc1cc(C)c(C)c(CO)c1. The van der Waals surface area contributed by atoms with Crippen molar-refractivity contribution in [3.63, 3.8) is 0 Å².